The summed E-state index contributed by atoms with van der Waals surface area (Å²) in [6.45, 7) is 1.68. The summed E-state index contributed by atoms with van der Waals surface area (Å²) in [5, 5.41) is 2.64. The van der Waals surface area contributed by atoms with Crippen LogP contribution in [0.15, 0.2) is 42.5 Å². The minimum atomic E-state index is -0.527. The van der Waals surface area contributed by atoms with Crippen molar-refractivity contribution in [2.24, 2.45) is 0 Å². The largest absolute Gasteiger partial charge is 0.465 e. The number of aryl methyl sites for hydroxylation is 1. The maximum Gasteiger partial charge on any atom is 0.337 e. The molecule has 0 aliphatic rings. The molecule has 0 saturated carbocycles. The van der Waals surface area contributed by atoms with Crippen LogP contribution in [0.3, 0.4) is 0 Å². The first-order valence-corrected chi connectivity index (χ1v) is 7.58. The van der Waals surface area contributed by atoms with Crippen LogP contribution in [-0.2, 0) is 9.53 Å². The summed E-state index contributed by atoms with van der Waals surface area (Å²) in [7, 11) is 2.78. The highest BCUT2D eigenvalue weighted by molar-refractivity contribution is 6.00. The number of esters is 1. The molecule has 0 aliphatic carbocycles. The first-order chi connectivity index (χ1) is 11.9. The second kappa shape index (κ2) is 8.05. The average molecular weight is 341 g/mol. The van der Waals surface area contributed by atoms with Gasteiger partial charge in [-0.05, 0) is 37.3 Å². The summed E-state index contributed by atoms with van der Waals surface area (Å²) >= 11 is 0. The van der Waals surface area contributed by atoms with Crippen LogP contribution in [-0.4, -0.2) is 48.4 Å². The number of rotatable bonds is 5. The van der Waals surface area contributed by atoms with E-state index in [2.05, 4.69) is 15.0 Å². The monoisotopic (exact) mass is 341 g/mol. The molecule has 7 nitrogen and oxygen atoms in total. The fraction of sp³-hybridized carbons (Fsp3) is 0.222. The quantitative estimate of drug-likeness (QED) is 0.839. The zero-order valence-corrected chi connectivity index (χ0v) is 14.3. The van der Waals surface area contributed by atoms with Crippen LogP contribution in [0, 0.1) is 6.92 Å². The van der Waals surface area contributed by atoms with E-state index in [-0.39, 0.29) is 23.9 Å². The van der Waals surface area contributed by atoms with Crippen LogP contribution in [0.4, 0.5) is 5.82 Å². The van der Waals surface area contributed by atoms with E-state index in [4.69, 9.17) is 0 Å². The molecule has 0 saturated heterocycles. The maximum atomic E-state index is 12.4. The lowest BCUT2D eigenvalue weighted by atomic mass is 10.1. The Balaban J connectivity index is 2.02. The predicted octanol–water partition coefficient (Wildman–Crippen LogP) is 1.89. The highest BCUT2D eigenvalue weighted by Gasteiger charge is 2.17. The number of hydrogen-bond donors (Lipinski definition) is 1. The van der Waals surface area contributed by atoms with Crippen molar-refractivity contribution in [3.05, 3.63) is 59.3 Å². The zero-order valence-electron chi connectivity index (χ0n) is 14.3. The number of anilines is 1. The molecule has 7 heteroatoms. The van der Waals surface area contributed by atoms with Crippen molar-refractivity contribution in [1.82, 2.24) is 9.88 Å². The van der Waals surface area contributed by atoms with Crippen molar-refractivity contribution in [3.8, 4) is 0 Å². The van der Waals surface area contributed by atoms with Gasteiger partial charge in [-0.15, -0.1) is 0 Å². The average Bonchev–Trinajstić information content (AvgIpc) is 2.60. The molecule has 2 aromatic rings. The number of likely N-dealkylation sites (N-methyl/N-ethyl adjacent to an activating group) is 1. The van der Waals surface area contributed by atoms with Crippen molar-refractivity contribution in [3.63, 3.8) is 0 Å². The summed E-state index contributed by atoms with van der Waals surface area (Å²) in [6.07, 6.45) is 0. The Morgan fingerprint density at radius 2 is 1.80 bits per heavy atom. The van der Waals surface area contributed by atoms with Crippen molar-refractivity contribution >= 4 is 23.6 Å². The van der Waals surface area contributed by atoms with Gasteiger partial charge in [0.05, 0.1) is 19.2 Å². The van der Waals surface area contributed by atoms with Gasteiger partial charge in [-0.2, -0.15) is 0 Å². The van der Waals surface area contributed by atoms with Gasteiger partial charge in [0, 0.05) is 18.3 Å². The smallest absolute Gasteiger partial charge is 0.337 e. The van der Waals surface area contributed by atoms with E-state index in [9.17, 15) is 14.4 Å². The van der Waals surface area contributed by atoms with Crippen LogP contribution in [0.25, 0.3) is 0 Å². The summed E-state index contributed by atoms with van der Waals surface area (Å²) in [6, 6.07) is 11.4. The van der Waals surface area contributed by atoms with Gasteiger partial charge in [0.2, 0.25) is 5.91 Å². The Morgan fingerprint density at radius 3 is 2.48 bits per heavy atom. The molecule has 25 heavy (non-hydrogen) atoms. The topological polar surface area (TPSA) is 88.6 Å². The first-order valence-electron chi connectivity index (χ1n) is 7.58. The van der Waals surface area contributed by atoms with E-state index in [0.29, 0.717) is 11.4 Å². The van der Waals surface area contributed by atoms with Crippen molar-refractivity contribution < 1.29 is 19.1 Å². The number of ether oxygens (including phenoxy) is 1. The van der Waals surface area contributed by atoms with Crippen molar-refractivity contribution in [1.29, 1.82) is 0 Å². The lowest BCUT2D eigenvalue weighted by Crippen LogP contribution is -2.35. The number of pyridine rings is 1. The second-order valence-electron chi connectivity index (χ2n) is 5.45. The van der Waals surface area contributed by atoms with Gasteiger partial charge in [-0.1, -0.05) is 12.1 Å². The van der Waals surface area contributed by atoms with E-state index >= 15 is 0 Å². The fourth-order valence-electron chi connectivity index (χ4n) is 2.20. The molecule has 0 unspecified atom stereocenters. The third-order valence-electron chi connectivity index (χ3n) is 3.41. The number of benzene rings is 1. The lowest BCUT2D eigenvalue weighted by molar-refractivity contribution is -0.116. The molecule has 0 spiro atoms. The van der Waals surface area contributed by atoms with Crippen molar-refractivity contribution in [2.75, 3.05) is 26.0 Å². The zero-order chi connectivity index (χ0) is 18.4. The molecule has 1 aromatic carbocycles. The van der Waals surface area contributed by atoms with E-state index in [0.717, 1.165) is 5.69 Å². The van der Waals surface area contributed by atoms with E-state index in [1.54, 1.807) is 30.3 Å². The fourth-order valence-corrected chi connectivity index (χ4v) is 2.20. The predicted molar refractivity (Wildman–Crippen MR) is 92.3 cm³/mol. The number of carbonyl (C=O) groups is 3. The van der Waals surface area contributed by atoms with Gasteiger partial charge in [-0.25, -0.2) is 9.78 Å². The Hall–Kier alpha value is -3.22. The standard InChI is InChI=1S/C18H19N3O4/c1-12-6-4-9-15(19-12)20-16(22)11-21(2)17(23)13-7-5-8-14(10-13)18(24)25-3/h4-10H,11H2,1-3H3,(H,19,20,22). The van der Waals surface area contributed by atoms with Gasteiger partial charge in [-0.3, -0.25) is 9.59 Å². The number of methoxy groups -OCH3 is 1. The molecule has 0 aliphatic heterocycles. The molecule has 2 amide bonds. The van der Waals surface area contributed by atoms with Gasteiger partial charge in [0.25, 0.3) is 5.91 Å². The third-order valence-corrected chi connectivity index (χ3v) is 3.41. The van der Waals surface area contributed by atoms with Crippen LogP contribution >= 0.6 is 0 Å². The summed E-state index contributed by atoms with van der Waals surface area (Å²) in [5.41, 5.74) is 1.35. The molecule has 0 radical (unpaired) electrons. The Morgan fingerprint density at radius 1 is 1.12 bits per heavy atom. The first kappa shape index (κ1) is 18.1. The molecule has 0 fully saturated rings. The molecule has 1 N–H and O–H groups in total. The van der Waals surface area contributed by atoms with Gasteiger partial charge in [0.1, 0.15) is 5.82 Å². The molecular weight excluding hydrogens is 322 g/mol. The minimum absolute atomic E-state index is 0.142. The van der Waals surface area contributed by atoms with E-state index < -0.39 is 5.97 Å². The minimum Gasteiger partial charge on any atom is -0.465 e. The highest BCUT2D eigenvalue weighted by Crippen LogP contribution is 2.09. The van der Waals surface area contributed by atoms with Gasteiger partial charge in [0.15, 0.2) is 0 Å². The molecule has 0 bridgehead atoms. The van der Waals surface area contributed by atoms with Crippen molar-refractivity contribution in [2.45, 2.75) is 6.92 Å². The summed E-state index contributed by atoms with van der Waals surface area (Å²) in [4.78, 5) is 41.5. The normalized spacial score (nSPS) is 10.0. The number of amides is 2. The molecular formula is C18H19N3O4. The SMILES string of the molecule is COC(=O)c1cccc(C(=O)N(C)CC(=O)Nc2cccc(C)n2)c1. The van der Waals surface area contributed by atoms with Crippen LogP contribution < -0.4 is 5.32 Å². The summed E-state index contributed by atoms with van der Waals surface area (Å²) < 4.78 is 4.64. The molecule has 0 atom stereocenters. The molecule has 1 aromatic heterocycles. The number of nitrogens with zero attached hydrogens (tertiary/aromatic N) is 2. The Kier molecular flexibility index (Phi) is 5.84. The maximum absolute atomic E-state index is 12.4. The van der Waals surface area contributed by atoms with E-state index in [1.807, 2.05) is 13.0 Å². The lowest BCUT2D eigenvalue weighted by Gasteiger charge is -2.17. The molecule has 2 rings (SSSR count). The number of carbonyl (C=O) groups excluding carboxylic acids is 3. The van der Waals surface area contributed by atoms with Gasteiger partial charge < -0.3 is 15.0 Å². The number of hydrogen-bond acceptors (Lipinski definition) is 5. The van der Waals surface area contributed by atoms with Crippen LogP contribution in [0.2, 0.25) is 0 Å². The summed E-state index contributed by atoms with van der Waals surface area (Å²) in [5.74, 6) is -0.838. The van der Waals surface area contributed by atoms with Gasteiger partial charge >= 0.3 is 5.97 Å². The number of nitrogens with one attached hydrogen (secondary N) is 1. The van der Waals surface area contributed by atoms with Crippen LogP contribution in [0.1, 0.15) is 26.4 Å². The molecule has 130 valence electrons. The van der Waals surface area contributed by atoms with Crippen LogP contribution in [0.5, 0.6) is 0 Å². The highest BCUT2D eigenvalue weighted by atomic mass is 16.5. The Labute approximate surface area is 145 Å². The second-order valence-corrected chi connectivity index (χ2v) is 5.45. The molecule has 1 heterocycles. The number of aromatic nitrogens is 1. The van der Waals surface area contributed by atoms with E-state index in [1.165, 1.54) is 25.1 Å². The third kappa shape index (κ3) is 4.87. The Bertz CT molecular complexity index is 804.